The van der Waals surface area contributed by atoms with E-state index in [0.717, 1.165) is 32.1 Å². The Morgan fingerprint density at radius 3 is 2.19 bits per heavy atom. The van der Waals surface area contributed by atoms with Crippen LogP contribution in [0.2, 0.25) is 0 Å². The van der Waals surface area contributed by atoms with Gasteiger partial charge in [-0.15, -0.1) is 0 Å². The largest absolute Gasteiger partial charge is 0.469 e. The van der Waals surface area contributed by atoms with Gasteiger partial charge < -0.3 is 10.5 Å². The molecule has 0 aliphatic heterocycles. The van der Waals surface area contributed by atoms with E-state index in [1.165, 1.54) is 44.8 Å². The number of ketones is 1. The molecule has 0 saturated heterocycles. The molecular formula is C38H63NO3. The Labute approximate surface area is 257 Å². The predicted octanol–water partition coefficient (Wildman–Crippen LogP) is 8.77. The van der Waals surface area contributed by atoms with Gasteiger partial charge >= 0.3 is 5.97 Å². The van der Waals surface area contributed by atoms with Gasteiger partial charge in [-0.1, -0.05) is 60.6 Å². The lowest BCUT2D eigenvalue weighted by molar-refractivity contribution is -0.237. The van der Waals surface area contributed by atoms with Crippen molar-refractivity contribution in [2.75, 3.05) is 7.11 Å². The number of methoxy groups -OCH3 is 1. The monoisotopic (exact) mass is 581 g/mol. The topological polar surface area (TPSA) is 69.4 Å². The van der Waals surface area contributed by atoms with Crippen LogP contribution >= 0.6 is 0 Å². The molecule has 5 fully saturated rings. The Kier molecular flexibility index (Phi) is 8.24. The van der Waals surface area contributed by atoms with E-state index in [9.17, 15) is 9.59 Å². The smallest absolute Gasteiger partial charge is 0.309 e. The van der Waals surface area contributed by atoms with E-state index in [-0.39, 0.29) is 33.5 Å². The van der Waals surface area contributed by atoms with Crippen molar-refractivity contribution in [3.05, 3.63) is 12.2 Å². The summed E-state index contributed by atoms with van der Waals surface area (Å²) in [4.78, 5) is 27.4. The van der Waals surface area contributed by atoms with Crippen LogP contribution in [0.15, 0.2) is 12.2 Å². The Balaban J connectivity index is 1.51. The molecule has 238 valence electrons. The minimum atomic E-state index is -0.334. The van der Waals surface area contributed by atoms with Crippen molar-refractivity contribution in [3.8, 4) is 0 Å². The molecule has 4 nitrogen and oxygen atoms in total. The molecule has 11 atom stereocenters. The maximum absolute atomic E-state index is 14.6. The lowest BCUT2D eigenvalue weighted by Gasteiger charge is -2.73. The Bertz CT molecular complexity index is 1090. The molecule has 42 heavy (non-hydrogen) atoms. The number of esters is 1. The summed E-state index contributed by atoms with van der Waals surface area (Å²) < 4.78 is 5.21. The molecule has 5 aliphatic carbocycles. The van der Waals surface area contributed by atoms with Gasteiger partial charge in [-0.2, -0.15) is 0 Å². The van der Waals surface area contributed by atoms with E-state index in [1.54, 1.807) is 0 Å². The average Bonchev–Trinajstić information content (AvgIpc) is 3.32. The number of hydrogen-bond acceptors (Lipinski definition) is 4. The van der Waals surface area contributed by atoms with Gasteiger partial charge in [0.05, 0.1) is 13.0 Å². The van der Waals surface area contributed by atoms with Crippen LogP contribution in [0, 0.1) is 68.5 Å². The molecule has 0 aromatic heterocycles. The number of rotatable bonds is 7. The average molecular weight is 582 g/mol. The lowest BCUT2D eigenvalue weighted by Crippen LogP contribution is -2.67. The van der Waals surface area contributed by atoms with Crippen molar-refractivity contribution >= 4 is 11.8 Å². The fourth-order valence-corrected chi connectivity index (χ4v) is 13.1. The third-order valence-electron chi connectivity index (χ3n) is 15.5. The van der Waals surface area contributed by atoms with Gasteiger partial charge in [-0.25, -0.2) is 0 Å². The summed E-state index contributed by atoms with van der Waals surface area (Å²) >= 11 is 0. The number of nitrogens with two attached hydrogens (primary N) is 1. The highest BCUT2D eigenvalue weighted by Crippen LogP contribution is 2.77. The first kappa shape index (κ1) is 32.2. The van der Waals surface area contributed by atoms with Crippen LogP contribution < -0.4 is 5.73 Å². The molecule has 0 aromatic rings. The number of ether oxygens (including phenoxy) is 1. The van der Waals surface area contributed by atoms with E-state index >= 15 is 0 Å². The molecule has 4 heteroatoms. The number of fused-ring (bicyclic) bond motifs is 7. The van der Waals surface area contributed by atoms with Crippen LogP contribution in [-0.4, -0.2) is 24.9 Å². The van der Waals surface area contributed by atoms with Crippen LogP contribution in [0.25, 0.3) is 0 Å². The molecule has 0 bridgehead atoms. The zero-order valence-corrected chi connectivity index (χ0v) is 28.6. The van der Waals surface area contributed by atoms with E-state index in [1.807, 2.05) is 0 Å². The normalized spacial score (nSPS) is 46.5. The van der Waals surface area contributed by atoms with Gasteiger partial charge in [0.2, 0.25) is 0 Å². The predicted molar refractivity (Wildman–Crippen MR) is 172 cm³/mol. The molecule has 5 aliphatic rings. The molecular weight excluding hydrogens is 518 g/mol. The number of carbonyl (C=O) groups excluding carboxylic acids is 2. The first-order chi connectivity index (χ1) is 19.5. The quantitative estimate of drug-likeness (QED) is 0.241. The highest BCUT2D eigenvalue weighted by atomic mass is 16.5. The van der Waals surface area contributed by atoms with Crippen molar-refractivity contribution in [2.45, 2.75) is 138 Å². The summed E-state index contributed by atoms with van der Waals surface area (Å²) in [6.07, 6.45) is 12.6. The van der Waals surface area contributed by atoms with Gasteiger partial charge in [-0.05, 0) is 135 Å². The van der Waals surface area contributed by atoms with Crippen LogP contribution in [0.4, 0.5) is 0 Å². The highest BCUT2D eigenvalue weighted by Gasteiger charge is 2.71. The third-order valence-corrected chi connectivity index (χ3v) is 15.5. The van der Waals surface area contributed by atoms with Crippen molar-refractivity contribution in [1.29, 1.82) is 0 Å². The summed E-state index contributed by atoms with van der Waals surface area (Å²) in [7, 11) is 1.47. The summed E-state index contributed by atoms with van der Waals surface area (Å²) in [5.41, 5.74) is 8.71. The van der Waals surface area contributed by atoms with Gasteiger partial charge in [0.1, 0.15) is 5.78 Å². The van der Waals surface area contributed by atoms with Crippen LogP contribution in [-0.2, 0) is 14.3 Å². The van der Waals surface area contributed by atoms with Crippen molar-refractivity contribution in [3.63, 3.8) is 0 Å². The summed E-state index contributed by atoms with van der Waals surface area (Å²) in [6.45, 7) is 23.8. The first-order valence-corrected chi connectivity index (χ1v) is 17.5. The van der Waals surface area contributed by atoms with E-state index in [4.69, 9.17) is 10.5 Å². The van der Waals surface area contributed by atoms with Gasteiger partial charge in [0.15, 0.2) is 0 Å². The second-order valence-electron chi connectivity index (χ2n) is 17.8. The van der Waals surface area contributed by atoms with Crippen molar-refractivity contribution in [2.24, 2.45) is 74.2 Å². The van der Waals surface area contributed by atoms with Gasteiger partial charge in [0, 0.05) is 17.9 Å². The SMILES string of the molecule is C=C(C)[C@@H]1CC[C@]2(C(=O)C[C@@H](CC(C)C)C(=O)OC)CC[C@]3(C)[C@H](CC[C@@H]4[C@@]5(C)CC[C@H](N)C(C)(C)[C@@H]5CC[C@]43C)[C@@H]12. The number of carbonyl (C=O) groups is 2. The maximum Gasteiger partial charge on any atom is 0.309 e. The Morgan fingerprint density at radius 2 is 1.57 bits per heavy atom. The number of Topliss-reactive ketones (excluding diaryl/α,β-unsaturated/α-hetero) is 1. The van der Waals surface area contributed by atoms with E-state index in [0.29, 0.717) is 65.6 Å². The standard InChI is InChI=1S/C38H63NO3/c1-23(2)21-25(33(41)42-10)22-31(40)38-18-13-26(24(3)4)32(38)27-11-12-29-35(7)16-15-30(39)34(5,6)28(35)14-17-37(29,9)36(27,8)19-20-38/h23,25-30,32H,3,11-22,39H2,1-2,4-10H3/t25-,26+,27-,28+,29-,30+,32-,35+,36-,37-,38-/m1/s1. The van der Waals surface area contributed by atoms with Crippen molar-refractivity contribution in [1.82, 2.24) is 0 Å². The Hall–Kier alpha value is -1.16. The molecule has 0 spiro atoms. The van der Waals surface area contributed by atoms with Crippen LogP contribution in [0.3, 0.4) is 0 Å². The van der Waals surface area contributed by atoms with Crippen LogP contribution in [0.5, 0.6) is 0 Å². The van der Waals surface area contributed by atoms with Crippen LogP contribution in [0.1, 0.15) is 132 Å². The molecule has 0 unspecified atom stereocenters. The first-order valence-electron chi connectivity index (χ1n) is 17.5. The number of allylic oxidation sites excluding steroid dienone is 1. The van der Waals surface area contributed by atoms with Gasteiger partial charge in [-0.3, -0.25) is 9.59 Å². The fourth-order valence-electron chi connectivity index (χ4n) is 13.1. The summed E-state index contributed by atoms with van der Waals surface area (Å²) in [5.74, 6) is 2.82. The highest BCUT2D eigenvalue weighted by molar-refractivity contribution is 5.89. The fraction of sp³-hybridized carbons (Fsp3) is 0.895. The van der Waals surface area contributed by atoms with E-state index < -0.39 is 0 Å². The molecule has 2 N–H and O–H groups in total. The summed E-state index contributed by atoms with van der Waals surface area (Å²) in [6, 6.07) is 0.299. The third kappa shape index (κ3) is 4.45. The zero-order chi connectivity index (χ0) is 31.0. The van der Waals surface area contributed by atoms with Crippen molar-refractivity contribution < 1.29 is 14.3 Å². The Morgan fingerprint density at radius 1 is 0.881 bits per heavy atom. The molecule has 5 rings (SSSR count). The minimum absolute atomic E-state index is 0.183. The minimum Gasteiger partial charge on any atom is -0.469 e. The van der Waals surface area contributed by atoms with E-state index in [2.05, 4.69) is 62.0 Å². The second-order valence-corrected chi connectivity index (χ2v) is 17.8. The molecule has 0 amide bonds. The molecule has 5 saturated carbocycles. The molecule has 0 radical (unpaired) electrons. The van der Waals surface area contributed by atoms with Gasteiger partial charge in [0.25, 0.3) is 0 Å². The maximum atomic E-state index is 14.6. The number of hydrogen-bond donors (Lipinski definition) is 1. The zero-order valence-electron chi connectivity index (χ0n) is 28.6. The second kappa shape index (κ2) is 10.7. The molecule has 0 aromatic carbocycles. The molecule has 0 heterocycles. The lowest BCUT2D eigenvalue weighted by atomic mass is 9.32. The summed E-state index contributed by atoms with van der Waals surface area (Å²) in [5, 5.41) is 0.